The van der Waals surface area contributed by atoms with E-state index >= 15 is 0 Å². The zero-order valence-corrected chi connectivity index (χ0v) is 21.2. The number of hydrogen-bond donors (Lipinski definition) is 2. The van der Waals surface area contributed by atoms with Crippen molar-refractivity contribution in [2.24, 2.45) is 4.99 Å². The molecule has 1 unspecified atom stereocenters. The second-order valence-electron chi connectivity index (χ2n) is 7.80. The fourth-order valence-electron chi connectivity index (χ4n) is 3.63. The number of nitrogens with zero attached hydrogens (tertiary/aromatic N) is 7. The number of rotatable bonds is 6. The molecule has 0 aliphatic carbocycles. The molecule has 4 aromatic rings. The standard InChI is InChI=1S/C26H24ClN9O/c1-4-17(14-29-5-2)36-25(35-20-9-6-8-19(27)22(20)26(36)37)16(3)34-24-18(23(28)32-15-33-24)10-11-21-30-12-7-13-31-21/h5-9,12-16H,4H2,1-3H3,(H3,28,32,33,34)/b17-14+,29-5?. The number of benzene rings is 1. The Kier molecular flexibility index (Phi) is 7.86. The number of nitrogen functional groups attached to an aromatic ring is 1. The predicted octanol–water partition coefficient (Wildman–Crippen LogP) is 4.08. The lowest BCUT2D eigenvalue weighted by molar-refractivity contribution is 0.728. The summed E-state index contributed by atoms with van der Waals surface area (Å²) in [7, 11) is 0. The van der Waals surface area contributed by atoms with Gasteiger partial charge in [-0.1, -0.05) is 30.5 Å². The molecule has 0 saturated heterocycles. The van der Waals surface area contributed by atoms with Crippen LogP contribution in [0.1, 0.15) is 50.4 Å². The van der Waals surface area contributed by atoms with Gasteiger partial charge in [0.15, 0.2) is 0 Å². The largest absolute Gasteiger partial charge is 0.382 e. The summed E-state index contributed by atoms with van der Waals surface area (Å²) in [6.07, 6.45) is 8.35. The molecule has 3 aromatic heterocycles. The monoisotopic (exact) mass is 513 g/mol. The number of aromatic nitrogens is 6. The van der Waals surface area contributed by atoms with Gasteiger partial charge in [-0.15, -0.1) is 0 Å². The molecule has 37 heavy (non-hydrogen) atoms. The molecule has 0 aliphatic heterocycles. The molecule has 1 aromatic carbocycles. The summed E-state index contributed by atoms with van der Waals surface area (Å²) in [4.78, 5) is 39.4. The van der Waals surface area contributed by atoms with E-state index in [1.54, 1.807) is 56.0 Å². The maximum atomic E-state index is 13.7. The van der Waals surface area contributed by atoms with Crippen LogP contribution in [0.15, 0.2) is 59.0 Å². The van der Waals surface area contributed by atoms with Crippen LogP contribution in [0, 0.1) is 11.8 Å². The van der Waals surface area contributed by atoms with Crippen molar-refractivity contribution in [2.45, 2.75) is 33.2 Å². The Bertz CT molecular complexity index is 1620. The van der Waals surface area contributed by atoms with Gasteiger partial charge < -0.3 is 11.1 Å². The van der Waals surface area contributed by atoms with Gasteiger partial charge in [-0.05, 0) is 44.4 Å². The van der Waals surface area contributed by atoms with Crippen LogP contribution in [0.4, 0.5) is 11.6 Å². The van der Waals surface area contributed by atoms with Gasteiger partial charge >= 0.3 is 0 Å². The maximum absolute atomic E-state index is 13.7. The third kappa shape index (κ3) is 5.47. The average molecular weight is 514 g/mol. The first kappa shape index (κ1) is 25.5. The van der Waals surface area contributed by atoms with Crippen LogP contribution in [-0.4, -0.2) is 35.7 Å². The molecule has 0 fully saturated rings. The first-order valence-corrected chi connectivity index (χ1v) is 11.9. The van der Waals surface area contributed by atoms with Gasteiger partial charge in [0.05, 0.1) is 22.0 Å². The molecule has 3 N–H and O–H groups in total. The Hall–Kier alpha value is -4.62. The van der Waals surface area contributed by atoms with Crippen LogP contribution in [0.2, 0.25) is 5.02 Å². The Morgan fingerprint density at radius 1 is 1.22 bits per heavy atom. The summed E-state index contributed by atoms with van der Waals surface area (Å²) in [5, 5.41) is 3.95. The van der Waals surface area contributed by atoms with Crippen molar-refractivity contribution in [3.63, 3.8) is 0 Å². The number of hydrogen-bond acceptors (Lipinski definition) is 9. The molecule has 3 heterocycles. The highest BCUT2D eigenvalue weighted by molar-refractivity contribution is 6.35. The van der Waals surface area contributed by atoms with Crippen molar-refractivity contribution >= 4 is 46.1 Å². The highest BCUT2D eigenvalue weighted by Gasteiger charge is 2.21. The lowest BCUT2D eigenvalue weighted by atomic mass is 10.2. The molecule has 11 heteroatoms. The van der Waals surface area contributed by atoms with Crippen LogP contribution in [-0.2, 0) is 0 Å². The molecule has 0 amide bonds. The Labute approximate surface area is 218 Å². The number of fused-ring (bicyclic) bond motifs is 1. The minimum absolute atomic E-state index is 0.190. The molecular formula is C26H24ClN9O. The highest BCUT2D eigenvalue weighted by Crippen LogP contribution is 2.26. The van der Waals surface area contributed by atoms with E-state index in [9.17, 15) is 4.79 Å². The fraction of sp³-hybridized carbons (Fsp3) is 0.192. The van der Waals surface area contributed by atoms with E-state index in [2.05, 4.69) is 42.1 Å². The van der Waals surface area contributed by atoms with Crippen molar-refractivity contribution < 1.29 is 0 Å². The summed E-state index contributed by atoms with van der Waals surface area (Å²) >= 11 is 6.40. The summed E-state index contributed by atoms with van der Waals surface area (Å²) in [5.41, 5.74) is 7.35. The number of nitrogens with two attached hydrogens (primary N) is 1. The zero-order chi connectivity index (χ0) is 26.4. The highest BCUT2D eigenvalue weighted by atomic mass is 35.5. The maximum Gasteiger partial charge on any atom is 0.267 e. The molecule has 0 spiro atoms. The third-order valence-corrected chi connectivity index (χ3v) is 5.69. The van der Waals surface area contributed by atoms with Crippen LogP contribution < -0.4 is 16.6 Å². The van der Waals surface area contributed by atoms with Crippen LogP contribution in [0.3, 0.4) is 0 Å². The topological polar surface area (TPSA) is 137 Å². The van der Waals surface area contributed by atoms with Crippen LogP contribution in [0.25, 0.3) is 16.6 Å². The second kappa shape index (κ2) is 11.4. The molecule has 0 radical (unpaired) electrons. The fourth-order valence-corrected chi connectivity index (χ4v) is 3.88. The minimum Gasteiger partial charge on any atom is -0.382 e. The Morgan fingerprint density at radius 2 is 2.00 bits per heavy atom. The molecule has 0 bridgehead atoms. The van der Waals surface area contributed by atoms with Crippen molar-refractivity contribution in [1.82, 2.24) is 29.5 Å². The summed E-state index contributed by atoms with van der Waals surface area (Å²) in [6, 6.07) is 6.38. The Morgan fingerprint density at radius 3 is 2.73 bits per heavy atom. The van der Waals surface area contributed by atoms with E-state index in [1.165, 1.54) is 10.9 Å². The average Bonchev–Trinajstić information content (AvgIpc) is 2.90. The van der Waals surface area contributed by atoms with E-state index < -0.39 is 6.04 Å². The Balaban J connectivity index is 1.85. The molecule has 10 nitrogen and oxygen atoms in total. The SMILES string of the molecule is CC=N/C=C(\CC)n1c(C(C)Nc2ncnc(N)c2C#Cc2ncccn2)nc2cccc(Cl)c2c1=O. The van der Waals surface area contributed by atoms with Crippen molar-refractivity contribution in [3.05, 3.63) is 81.8 Å². The first-order chi connectivity index (χ1) is 17.9. The lowest BCUT2D eigenvalue weighted by Crippen LogP contribution is -2.28. The number of nitrogens with one attached hydrogen (secondary N) is 1. The number of halogens is 1. The number of aliphatic imine (C=N–C) groups is 1. The van der Waals surface area contributed by atoms with Gasteiger partial charge in [-0.3, -0.25) is 14.4 Å². The van der Waals surface area contributed by atoms with Gasteiger partial charge in [0, 0.05) is 30.5 Å². The second-order valence-corrected chi connectivity index (χ2v) is 8.20. The van der Waals surface area contributed by atoms with Crippen LogP contribution in [0.5, 0.6) is 0 Å². The quantitative estimate of drug-likeness (QED) is 0.290. The van der Waals surface area contributed by atoms with E-state index in [0.717, 1.165) is 0 Å². The zero-order valence-electron chi connectivity index (χ0n) is 20.5. The molecule has 186 valence electrons. The molecular weight excluding hydrogens is 490 g/mol. The third-order valence-electron chi connectivity index (χ3n) is 5.38. The summed E-state index contributed by atoms with van der Waals surface area (Å²) in [6.45, 7) is 5.60. The first-order valence-electron chi connectivity index (χ1n) is 11.5. The molecule has 0 saturated carbocycles. The molecule has 0 aliphatic rings. The van der Waals surface area contributed by atoms with Crippen molar-refractivity contribution in [3.8, 4) is 11.8 Å². The molecule has 4 rings (SSSR count). The number of allylic oxidation sites excluding steroid dienone is 1. The van der Waals surface area contributed by atoms with Crippen LogP contribution >= 0.6 is 11.6 Å². The van der Waals surface area contributed by atoms with E-state index in [4.69, 9.17) is 22.3 Å². The van der Waals surface area contributed by atoms with Gasteiger partial charge in [-0.25, -0.2) is 24.9 Å². The van der Waals surface area contributed by atoms with E-state index in [1.807, 2.05) is 13.8 Å². The van der Waals surface area contributed by atoms with Gasteiger partial charge in [0.1, 0.15) is 29.4 Å². The van der Waals surface area contributed by atoms with Gasteiger partial charge in [-0.2, -0.15) is 0 Å². The van der Waals surface area contributed by atoms with Crippen molar-refractivity contribution in [2.75, 3.05) is 11.1 Å². The van der Waals surface area contributed by atoms with Gasteiger partial charge in [0.25, 0.3) is 5.56 Å². The summed E-state index contributed by atoms with van der Waals surface area (Å²) in [5.74, 6) is 7.18. The minimum atomic E-state index is -0.500. The van der Waals surface area contributed by atoms with E-state index in [-0.39, 0.29) is 11.4 Å². The lowest BCUT2D eigenvalue weighted by Gasteiger charge is -2.21. The number of anilines is 2. The van der Waals surface area contributed by atoms with Gasteiger partial charge in [0.2, 0.25) is 5.82 Å². The normalized spacial score (nSPS) is 12.4. The van der Waals surface area contributed by atoms with Crippen molar-refractivity contribution in [1.29, 1.82) is 0 Å². The molecule has 1 atom stereocenters. The summed E-state index contributed by atoms with van der Waals surface area (Å²) < 4.78 is 1.53. The van der Waals surface area contributed by atoms with E-state index in [0.29, 0.717) is 51.1 Å². The predicted molar refractivity (Wildman–Crippen MR) is 146 cm³/mol. The smallest absolute Gasteiger partial charge is 0.267 e.